The van der Waals surface area contributed by atoms with E-state index in [-0.39, 0.29) is 12.1 Å². The van der Waals surface area contributed by atoms with Gasteiger partial charge < -0.3 is 25.6 Å². The van der Waals surface area contributed by atoms with Crippen LogP contribution >= 0.6 is 11.3 Å². The van der Waals surface area contributed by atoms with E-state index in [9.17, 15) is 19.2 Å². The minimum atomic E-state index is -1.26. The fourth-order valence-corrected chi connectivity index (χ4v) is 4.97. The van der Waals surface area contributed by atoms with Crippen molar-refractivity contribution in [2.24, 2.45) is 0 Å². The number of anilines is 1. The molecule has 1 aromatic carbocycles. The Bertz CT molecular complexity index is 1580. The molecule has 3 heterocycles. The highest BCUT2D eigenvalue weighted by Crippen LogP contribution is 2.18. The first-order valence-corrected chi connectivity index (χ1v) is 14.5. The summed E-state index contributed by atoms with van der Waals surface area (Å²) in [4.78, 5) is 61.2. The predicted octanol–water partition coefficient (Wildman–Crippen LogP) is 2.24. The minimum Gasteiger partial charge on any atom is -0.454 e. The maximum Gasteiger partial charge on any atom is 0.331 e. The molecule has 0 saturated carbocycles. The Labute approximate surface area is 252 Å². The Balaban J connectivity index is 1.38. The van der Waals surface area contributed by atoms with Crippen molar-refractivity contribution in [1.29, 1.82) is 0 Å². The Hall–Kier alpha value is -4.85. The molecule has 1 atom stereocenters. The fourth-order valence-electron chi connectivity index (χ4n) is 4.33. The number of esters is 1. The van der Waals surface area contributed by atoms with Gasteiger partial charge >= 0.3 is 5.97 Å². The summed E-state index contributed by atoms with van der Waals surface area (Å²) in [7, 11) is 3.06. The number of likely N-dealkylation sites (N-methyl/N-ethyl adjacent to an activating group) is 1. The molecule has 0 aliphatic heterocycles. The van der Waals surface area contributed by atoms with Crippen molar-refractivity contribution in [2.75, 3.05) is 39.1 Å². The second-order valence-electron chi connectivity index (χ2n) is 9.98. The molecule has 4 aromatic rings. The highest BCUT2D eigenvalue weighted by molar-refractivity contribution is 7.12. The van der Waals surface area contributed by atoms with Gasteiger partial charge in [-0.3, -0.25) is 19.5 Å². The van der Waals surface area contributed by atoms with E-state index in [1.165, 1.54) is 35.9 Å². The van der Waals surface area contributed by atoms with Crippen LogP contribution in [0.3, 0.4) is 0 Å². The number of hydrogen-bond acceptors (Lipinski definition) is 10. The highest BCUT2D eigenvalue weighted by Gasteiger charge is 2.27. The molecule has 0 bridgehead atoms. The molecule has 0 unspecified atom stereocenters. The number of H-pyrrole nitrogens is 1. The summed E-state index contributed by atoms with van der Waals surface area (Å²) in [6.45, 7) is 3.21. The molecule has 3 amide bonds. The molecule has 13 nitrogen and oxygen atoms in total. The van der Waals surface area contributed by atoms with Gasteiger partial charge in [0.15, 0.2) is 6.61 Å². The van der Waals surface area contributed by atoms with Crippen LogP contribution in [0.4, 0.5) is 5.95 Å². The van der Waals surface area contributed by atoms with Crippen LogP contribution in [-0.2, 0) is 20.7 Å². The third kappa shape index (κ3) is 8.13. The number of carbonyl (C=O) groups excluding carboxylic acids is 4. The van der Waals surface area contributed by atoms with Gasteiger partial charge in [0.25, 0.3) is 17.7 Å². The summed E-state index contributed by atoms with van der Waals surface area (Å²) >= 11 is 1.24. The number of rotatable bonds is 13. The van der Waals surface area contributed by atoms with Crippen molar-refractivity contribution in [3.8, 4) is 0 Å². The third-order valence-corrected chi connectivity index (χ3v) is 7.49. The van der Waals surface area contributed by atoms with Crippen molar-refractivity contribution in [1.82, 2.24) is 35.7 Å². The van der Waals surface area contributed by atoms with E-state index in [0.29, 0.717) is 28.8 Å². The number of ether oxygens (including phenoxy) is 1. The summed E-state index contributed by atoms with van der Waals surface area (Å²) < 4.78 is 5.13. The van der Waals surface area contributed by atoms with Crippen LogP contribution < -0.4 is 16.0 Å². The molecule has 14 heteroatoms. The van der Waals surface area contributed by atoms with E-state index in [1.54, 1.807) is 31.4 Å². The first-order chi connectivity index (χ1) is 20.6. The smallest absolute Gasteiger partial charge is 0.331 e. The first-order valence-electron chi connectivity index (χ1n) is 13.6. The molecule has 0 spiro atoms. The molecule has 3 aromatic heterocycles. The second-order valence-corrected chi connectivity index (χ2v) is 10.9. The number of aryl methyl sites for hydroxylation is 3. The van der Waals surface area contributed by atoms with Gasteiger partial charge in [-0.15, -0.1) is 11.3 Å². The lowest BCUT2D eigenvalue weighted by molar-refractivity contribution is -0.152. The molecule has 4 N–H and O–H groups in total. The molecular weight excluding hydrogens is 572 g/mol. The quantitative estimate of drug-likeness (QED) is 0.132. The average Bonchev–Trinajstić information content (AvgIpc) is 3.68. The van der Waals surface area contributed by atoms with Crippen molar-refractivity contribution in [2.45, 2.75) is 32.7 Å². The zero-order chi connectivity index (χ0) is 30.9. The standard InChI is InChI=1S/C29H34N8O5S/c1-17-25(18(2)34-29(33-17)30-12-6-9-19-8-5-10-21-20(19)14-32-36-21)27(40)35-22(28(41)42-16-24(38)37(3)4)15-31-26(39)23-11-7-13-43-23/h5,7-8,10-11,13-14,22H,6,9,12,15-16H2,1-4H3,(H,31,39)(H,32,36)(H,35,40)(H,30,33,34)/t22-/m0/s1. The number of nitrogens with zero attached hydrogens (tertiary/aromatic N) is 4. The lowest BCUT2D eigenvalue weighted by atomic mass is 10.1. The number of aromatic nitrogens is 4. The van der Waals surface area contributed by atoms with Crippen LogP contribution in [0.2, 0.25) is 0 Å². The normalized spacial score (nSPS) is 11.5. The maximum atomic E-state index is 13.3. The zero-order valence-electron chi connectivity index (χ0n) is 24.4. The van der Waals surface area contributed by atoms with Gasteiger partial charge in [0.05, 0.1) is 33.5 Å². The molecule has 43 heavy (non-hydrogen) atoms. The van der Waals surface area contributed by atoms with Crippen LogP contribution in [0.1, 0.15) is 43.4 Å². The Morgan fingerprint density at radius 3 is 2.51 bits per heavy atom. The van der Waals surface area contributed by atoms with Crippen molar-refractivity contribution < 1.29 is 23.9 Å². The van der Waals surface area contributed by atoms with E-state index in [2.05, 4.69) is 42.2 Å². The van der Waals surface area contributed by atoms with Gasteiger partial charge in [0.2, 0.25) is 5.95 Å². The number of amides is 3. The van der Waals surface area contributed by atoms with Gasteiger partial charge in [-0.2, -0.15) is 5.10 Å². The number of nitrogens with one attached hydrogen (secondary N) is 4. The molecule has 0 saturated heterocycles. The average molecular weight is 607 g/mol. The van der Waals surface area contributed by atoms with Crippen molar-refractivity contribution >= 4 is 51.9 Å². The summed E-state index contributed by atoms with van der Waals surface area (Å²) in [5.41, 5.74) is 3.21. The van der Waals surface area contributed by atoms with E-state index >= 15 is 0 Å². The third-order valence-electron chi connectivity index (χ3n) is 6.62. The molecule has 4 rings (SSSR count). The van der Waals surface area contributed by atoms with Crippen LogP contribution in [0.15, 0.2) is 41.9 Å². The highest BCUT2D eigenvalue weighted by atomic mass is 32.1. The molecule has 0 fully saturated rings. The lowest BCUT2D eigenvalue weighted by Crippen LogP contribution is -2.50. The Morgan fingerprint density at radius 1 is 1.05 bits per heavy atom. The topological polar surface area (TPSA) is 171 Å². The van der Waals surface area contributed by atoms with E-state index in [0.717, 1.165) is 23.7 Å². The summed E-state index contributed by atoms with van der Waals surface area (Å²) in [5, 5.41) is 18.4. The van der Waals surface area contributed by atoms with Gasteiger partial charge in [0, 0.05) is 32.6 Å². The molecular formula is C29H34N8O5S. The summed E-state index contributed by atoms with van der Waals surface area (Å²) in [6, 6.07) is 8.16. The Morgan fingerprint density at radius 2 is 1.81 bits per heavy atom. The van der Waals surface area contributed by atoms with Crippen LogP contribution in [0, 0.1) is 13.8 Å². The number of carbonyl (C=O) groups is 4. The van der Waals surface area contributed by atoms with Gasteiger partial charge in [0.1, 0.15) is 6.04 Å². The van der Waals surface area contributed by atoms with Crippen LogP contribution in [0.5, 0.6) is 0 Å². The van der Waals surface area contributed by atoms with Crippen LogP contribution in [0.25, 0.3) is 10.9 Å². The number of aromatic amines is 1. The van der Waals surface area contributed by atoms with Crippen molar-refractivity contribution in [3.05, 3.63) is 69.3 Å². The summed E-state index contributed by atoms with van der Waals surface area (Å²) in [5.74, 6) is -1.92. The number of benzene rings is 1. The van der Waals surface area contributed by atoms with E-state index < -0.39 is 36.3 Å². The maximum absolute atomic E-state index is 13.3. The number of fused-ring (bicyclic) bond motifs is 1. The van der Waals surface area contributed by atoms with Crippen LogP contribution in [-0.4, -0.2) is 88.6 Å². The van der Waals surface area contributed by atoms with E-state index in [4.69, 9.17) is 4.74 Å². The molecule has 0 radical (unpaired) electrons. The Kier molecular flexibility index (Phi) is 10.4. The fraction of sp³-hybridized carbons (Fsp3) is 0.345. The lowest BCUT2D eigenvalue weighted by Gasteiger charge is -2.20. The van der Waals surface area contributed by atoms with Gasteiger partial charge in [-0.25, -0.2) is 14.8 Å². The zero-order valence-corrected chi connectivity index (χ0v) is 25.2. The molecule has 0 aliphatic carbocycles. The molecule has 226 valence electrons. The van der Waals surface area contributed by atoms with Gasteiger partial charge in [-0.1, -0.05) is 18.2 Å². The second kappa shape index (κ2) is 14.4. The summed E-state index contributed by atoms with van der Waals surface area (Å²) in [6.07, 6.45) is 3.48. The largest absolute Gasteiger partial charge is 0.454 e. The minimum absolute atomic E-state index is 0.198. The first kappa shape index (κ1) is 31.1. The SMILES string of the molecule is Cc1nc(NCCCc2cccc3[nH]ncc23)nc(C)c1C(=O)N[C@@H](CNC(=O)c1cccs1)C(=O)OCC(=O)N(C)C. The monoisotopic (exact) mass is 606 g/mol. The van der Waals surface area contributed by atoms with Gasteiger partial charge in [-0.05, 0) is 49.8 Å². The van der Waals surface area contributed by atoms with E-state index in [1.807, 2.05) is 18.3 Å². The van der Waals surface area contributed by atoms with Crippen molar-refractivity contribution in [3.63, 3.8) is 0 Å². The number of hydrogen-bond donors (Lipinski definition) is 4. The molecule has 0 aliphatic rings. The number of thiophene rings is 1. The predicted molar refractivity (Wildman–Crippen MR) is 162 cm³/mol.